The number of rotatable bonds is 4. The molecule has 0 bridgehead atoms. The van der Waals surface area contributed by atoms with Crippen LogP contribution in [0, 0.1) is 0 Å². The number of aromatic nitrogens is 1. The van der Waals surface area contributed by atoms with E-state index in [0.29, 0.717) is 27.9 Å². The Hall–Kier alpha value is -2.49. The molecule has 0 N–H and O–H groups in total. The van der Waals surface area contributed by atoms with E-state index in [9.17, 15) is 13.2 Å². The molecule has 1 fully saturated rings. The minimum Gasteiger partial charge on any atom is -0.336 e. The van der Waals surface area contributed by atoms with E-state index in [0.717, 1.165) is 21.3 Å². The number of sulfonamides is 1. The molecule has 0 atom stereocenters. The maximum atomic E-state index is 13.2. The number of amides is 1. The second-order valence-corrected chi connectivity index (χ2v) is 11.4. The first-order chi connectivity index (χ1) is 15.9. The number of piperazine rings is 1. The van der Waals surface area contributed by atoms with E-state index in [1.54, 1.807) is 41.4 Å². The van der Waals surface area contributed by atoms with Crippen molar-refractivity contribution in [1.82, 2.24) is 14.2 Å². The molecule has 0 saturated carbocycles. The van der Waals surface area contributed by atoms with Crippen molar-refractivity contribution in [2.45, 2.75) is 4.21 Å². The number of carbonyl (C=O) groups is 1. The van der Waals surface area contributed by atoms with Crippen LogP contribution in [0.25, 0.3) is 21.3 Å². The van der Waals surface area contributed by atoms with Crippen molar-refractivity contribution in [2.75, 3.05) is 26.2 Å². The van der Waals surface area contributed by atoms with Crippen molar-refractivity contribution in [3.8, 4) is 11.3 Å². The highest BCUT2D eigenvalue weighted by Gasteiger charge is 2.31. The fourth-order valence-corrected chi connectivity index (χ4v) is 7.12. The van der Waals surface area contributed by atoms with E-state index in [-0.39, 0.29) is 31.4 Å². The lowest BCUT2D eigenvalue weighted by molar-refractivity contribution is 0.0698. The number of benzene rings is 2. The monoisotopic (exact) mass is 533 g/mol. The van der Waals surface area contributed by atoms with Crippen LogP contribution in [0.4, 0.5) is 0 Å². The lowest BCUT2D eigenvalue weighted by Gasteiger charge is -2.33. The number of pyridine rings is 1. The van der Waals surface area contributed by atoms with Gasteiger partial charge in [0, 0.05) is 53.2 Å². The van der Waals surface area contributed by atoms with Crippen molar-refractivity contribution < 1.29 is 13.2 Å². The zero-order valence-corrected chi connectivity index (χ0v) is 21.1. The smallest absolute Gasteiger partial charge is 0.253 e. The maximum absolute atomic E-state index is 13.2. The molecule has 1 saturated heterocycles. The minimum absolute atomic E-state index is 0. The van der Waals surface area contributed by atoms with Crippen LogP contribution in [0.3, 0.4) is 0 Å². The Morgan fingerprint density at radius 3 is 2.35 bits per heavy atom. The lowest BCUT2D eigenvalue weighted by Crippen LogP contribution is -2.50. The molecule has 0 spiro atoms. The van der Waals surface area contributed by atoms with Gasteiger partial charge >= 0.3 is 0 Å². The first-order valence-corrected chi connectivity index (χ1v) is 13.1. The molecule has 1 aliphatic heterocycles. The van der Waals surface area contributed by atoms with Gasteiger partial charge in [-0.1, -0.05) is 35.9 Å². The average Bonchev–Trinajstić information content (AvgIpc) is 3.28. The van der Waals surface area contributed by atoms with Gasteiger partial charge in [-0.15, -0.1) is 23.7 Å². The van der Waals surface area contributed by atoms with Crippen molar-refractivity contribution in [1.29, 1.82) is 0 Å². The van der Waals surface area contributed by atoms with Crippen LogP contribution in [0.1, 0.15) is 10.4 Å². The van der Waals surface area contributed by atoms with Crippen LogP contribution in [0.15, 0.2) is 77.1 Å². The third kappa shape index (κ3) is 4.82. The molecular formula is C24H21Cl2N3O3S2. The molecule has 1 amide bonds. The molecular weight excluding hydrogens is 513 g/mol. The van der Waals surface area contributed by atoms with Crippen LogP contribution in [0.2, 0.25) is 5.02 Å². The molecule has 4 aromatic rings. The van der Waals surface area contributed by atoms with Crippen LogP contribution in [-0.2, 0) is 10.0 Å². The molecule has 0 aliphatic carbocycles. The predicted molar refractivity (Wildman–Crippen MR) is 138 cm³/mol. The average molecular weight is 534 g/mol. The number of hydrogen-bond acceptors (Lipinski definition) is 5. The standard InChI is InChI=1S/C24H20ClN3O3S2.ClH/c25-20-9-8-19-15-23(32-22(19)16-20)33(30,31)28-13-11-27(12-14-28)24(29)18-6-4-17(5-7-18)21-3-1-2-10-26-21;/h1-10,15-16H,11-14H2;1H. The number of fused-ring (bicyclic) bond motifs is 1. The molecule has 2 aromatic carbocycles. The number of halogens is 2. The summed E-state index contributed by atoms with van der Waals surface area (Å²) in [5.41, 5.74) is 2.36. The van der Waals surface area contributed by atoms with Crippen LogP contribution in [0.5, 0.6) is 0 Å². The molecule has 0 radical (unpaired) electrons. The molecule has 34 heavy (non-hydrogen) atoms. The highest BCUT2D eigenvalue weighted by atomic mass is 35.5. The molecule has 0 unspecified atom stereocenters. The van der Waals surface area contributed by atoms with E-state index in [2.05, 4.69) is 4.98 Å². The van der Waals surface area contributed by atoms with Crippen molar-refractivity contribution in [3.63, 3.8) is 0 Å². The van der Waals surface area contributed by atoms with Gasteiger partial charge in [-0.25, -0.2) is 8.42 Å². The Bertz CT molecular complexity index is 1420. The van der Waals surface area contributed by atoms with E-state index in [1.165, 1.54) is 15.6 Å². The van der Waals surface area contributed by atoms with Gasteiger partial charge in [0.15, 0.2) is 0 Å². The summed E-state index contributed by atoms with van der Waals surface area (Å²) < 4.78 is 28.9. The first-order valence-electron chi connectivity index (χ1n) is 10.4. The van der Waals surface area contributed by atoms with Gasteiger partial charge in [-0.05, 0) is 47.9 Å². The molecule has 176 valence electrons. The molecule has 5 rings (SSSR count). The Labute approximate surface area is 213 Å². The Morgan fingerprint density at radius 1 is 0.941 bits per heavy atom. The predicted octanol–water partition coefficient (Wildman–Crippen LogP) is 5.19. The fourth-order valence-electron chi connectivity index (χ4n) is 3.87. The van der Waals surface area contributed by atoms with Crippen molar-refractivity contribution in [3.05, 3.63) is 83.5 Å². The van der Waals surface area contributed by atoms with Gasteiger partial charge in [0.2, 0.25) is 0 Å². The molecule has 6 nitrogen and oxygen atoms in total. The highest BCUT2D eigenvalue weighted by Crippen LogP contribution is 2.33. The van der Waals surface area contributed by atoms with E-state index in [1.807, 2.05) is 36.4 Å². The summed E-state index contributed by atoms with van der Waals surface area (Å²) >= 11 is 7.25. The Morgan fingerprint density at radius 2 is 1.68 bits per heavy atom. The first kappa shape index (κ1) is 24.6. The third-order valence-electron chi connectivity index (χ3n) is 5.67. The summed E-state index contributed by atoms with van der Waals surface area (Å²) in [4.78, 5) is 19.0. The molecule has 3 heterocycles. The van der Waals surface area contributed by atoms with E-state index < -0.39 is 10.0 Å². The van der Waals surface area contributed by atoms with Gasteiger partial charge < -0.3 is 4.90 Å². The van der Waals surface area contributed by atoms with E-state index >= 15 is 0 Å². The summed E-state index contributed by atoms with van der Waals surface area (Å²) in [5.74, 6) is -0.101. The van der Waals surface area contributed by atoms with Gasteiger partial charge in [0.05, 0.1) is 5.69 Å². The summed E-state index contributed by atoms with van der Waals surface area (Å²) in [6.07, 6.45) is 1.73. The second-order valence-electron chi connectivity index (χ2n) is 7.74. The Kier molecular flexibility index (Phi) is 7.25. The van der Waals surface area contributed by atoms with Gasteiger partial charge in [0.1, 0.15) is 4.21 Å². The topological polar surface area (TPSA) is 70.6 Å². The van der Waals surface area contributed by atoms with Gasteiger partial charge in [-0.3, -0.25) is 9.78 Å². The number of thiophene rings is 1. The maximum Gasteiger partial charge on any atom is 0.253 e. The number of nitrogens with zero attached hydrogens (tertiary/aromatic N) is 3. The summed E-state index contributed by atoms with van der Waals surface area (Å²) in [7, 11) is -3.62. The summed E-state index contributed by atoms with van der Waals surface area (Å²) in [6.45, 7) is 1.21. The number of hydrogen-bond donors (Lipinski definition) is 0. The lowest BCUT2D eigenvalue weighted by atomic mass is 10.1. The Balaban J connectivity index is 0.00000274. The minimum atomic E-state index is -3.62. The number of carbonyl (C=O) groups excluding carboxylic acids is 1. The normalized spacial score (nSPS) is 14.7. The SMILES string of the molecule is Cl.O=C(c1ccc(-c2ccccn2)cc1)N1CCN(S(=O)(=O)c2cc3ccc(Cl)cc3s2)CC1. The summed E-state index contributed by atoms with van der Waals surface area (Å²) in [6, 6.07) is 20.1. The van der Waals surface area contributed by atoms with Gasteiger partial charge in [0.25, 0.3) is 15.9 Å². The van der Waals surface area contributed by atoms with Crippen LogP contribution < -0.4 is 0 Å². The fraction of sp³-hybridized carbons (Fsp3) is 0.167. The summed E-state index contributed by atoms with van der Waals surface area (Å²) in [5, 5.41) is 1.43. The second kappa shape index (κ2) is 10.0. The largest absolute Gasteiger partial charge is 0.336 e. The molecule has 2 aromatic heterocycles. The molecule has 1 aliphatic rings. The van der Waals surface area contributed by atoms with Crippen molar-refractivity contribution in [2.24, 2.45) is 0 Å². The van der Waals surface area contributed by atoms with E-state index in [4.69, 9.17) is 11.6 Å². The quantitative estimate of drug-likeness (QED) is 0.362. The highest BCUT2D eigenvalue weighted by molar-refractivity contribution is 7.91. The van der Waals surface area contributed by atoms with Gasteiger partial charge in [-0.2, -0.15) is 4.31 Å². The van der Waals surface area contributed by atoms with Crippen LogP contribution >= 0.6 is 35.3 Å². The molecule has 10 heteroatoms. The van der Waals surface area contributed by atoms with Crippen LogP contribution in [-0.4, -0.2) is 54.7 Å². The zero-order chi connectivity index (χ0) is 23.0. The zero-order valence-electron chi connectivity index (χ0n) is 17.9. The van der Waals surface area contributed by atoms with Crippen molar-refractivity contribution >= 4 is 61.4 Å². The third-order valence-corrected chi connectivity index (χ3v) is 9.35.